The van der Waals surface area contributed by atoms with E-state index in [1.165, 1.54) is 6.42 Å². The normalized spacial score (nSPS) is 16.2. The molecule has 1 unspecified atom stereocenters. The van der Waals surface area contributed by atoms with Crippen molar-refractivity contribution in [2.75, 3.05) is 26.3 Å². The molecule has 0 aliphatic carbocycles. The molecular weight excluding hydrogens is 394 g/mol. The van der Waals surface area contributed by atoms with Crippen LogP contribution in [0.15, 0.2) is 53.1 Å². The fraction of sp³-hybridized carbons (Fsp3) is 0.375. The quantitative estimate of drug-likeness (QED) is 0.561. The van der Waals surface area contributed by atoms with E-state index < -0.39 is 0 Å². The van der Waals surface area contributed by atoms with Crippen molar-refractivity contribution in [1.29, 1.82) is 0 Å². The van der Waals surface area contributed by atoms with Crippen molar-refractivity contribution in [2.45, 2.75) is 26.7 Å². The lowest BCUT2D eigenvalue weighted by Gasteiger charge is -2.30. The van der Waals surface area contributed by atoms with Gasteiger partial charge in [0.2, 0.25) is 5.82 Å². The topological polar surface area (TPSA) is 77.7 Å². The number of amides is 1. The van der Waals surface area contributed by atoms with Gasteiger partial charge >= 0.3 is 0 Å². The number of para-hydroxylation sites is 1. The second-order valence-electron chi connectivity index (χ2n) is 7.75. The molecule has 31 heavy (non-hydrogen) atoms. The number of carbonyl (C=O) groups is 1. The number of rotatable bonds is 7. The summed E-state index contributed by atoms with van der Waals surface area (Å²) in [5, 5.41) is 4.12. The number of likely N-dealkylation sites (tertiary alicyclic amines) is 1. The predicted molar refractivity (Wildman–Crippen MR) is 117 cm³/mol. The molecule has 0 saturated carbocycles. The van der Waals surface area contributed by atoms with Crippen molar-refractivity contribution >= 4 is 5.91 Å². The van der Waals surface area contributed by atoms with E-state index in [4.69, 9.17) is 14.0 Å². The zero-order valence-corrected chi connectivity index (χ0v) is 17.9. The molecule has 1 saturated heterocycles. The molecule has 3 aromatic rings. The fourth-order valence-corrected chi connectivity index (χ4v) is 3.73. The molecule has 1 fully saturated rings. The minimum Gasteiger partial charge on any atom is -0.494 e. The maximum absolute atomic E-state index is 12.6. The number of carbonyl (C=O) groups excluding carboxylic acids is 1. The number of aromatic nitrogens is 2. The van der Waals surface area contributed by atoms with E-state index in [2.05, 4.69) is 17.1 Å². The second kappa shape index (κ2) is 9.64. The van der Waals surface area contributed by atoms with Gasteiger partial charge in [0.1, 0.15) is 11.5 Å². The summed E-state index contributed by atoms with van der Waals surface area (Å²) in [7, 11) is 0. The van der Waals surface area contributed by atoms with Crippen molar-refractivity contribution < 1.29 is 18.8 Å². The largest absolute Gasteiger partial charge is 0.494 e. The predicted octanol–water partition coefficient (Wildman–Crippen LogP) is 4.44. The first-order valence-electron chi connectivity index (χ1n) is 10.7. The maximum atomic E-state index is 12.6. The molecule has 162 valence electrons. The van der Waals surface area contributed by atoms with E-state index in [0.717, 1.165) is 30.8 Å². The summed E-state index contributed by atoms with van der Waals surface area (Å²) in [4.78, 5) is 19.0. The number of hydrogen-bond donors (Lipinski definition) is 0. The average Bonchev–Trinajstić information content (AvgIpc) is 3.28. The lowest BCUT2D eigenvalue weighted by atomic mass is 10.0. The van der Waals surface area contributed by atoms with Crippen LogP contribution < -0.4 is 9.47 Å². The molecule has 7 heteroatoms. The molecule has 0 bridgehead atoms. The number of nitrogens with zero attached hydrogens (tertiary/aromatic N) is 3. The van der Waals surface area contributed by atoms with Gasteiger partial charge in [-0.1, -0.05) is 24.2 Å². The first-order valence-corrected chi connectivity index (χ1v) is 10.7. The van der Waals surface area contributed by atoms with Gasteiger partial charge in [-0.15, -0.1) is 0 Å². The Labute approximate surface area is 182 Å². The van der Waals surface area contributed by atoms with Crippen molar-refractivity contribution in [3.05, 3.63) is 48.5 Å². The highest BCUT2D eigenvalue weighted by molar-refractivity contribution is 5.78. The Kier molecular flexibility index (Phi) is 6.50. The molecule has 0 spiro atoms. The molecule has 1 aliphatic rings. The van der Waals surface area contributed by atoms with Crippen LogP contribution in [0.1, 0.15) is 26.7 Å². The van der Waals surface area contributed by atoms with Crippen LogP contribution in [0.4, 0.5) is 0 Å². The molecule has 1 aliphatic heterocycles. The van der Waals surface area contributed by atoms with Crippen molar-refractivity contribution in [2.24, 2.45) is 5.92 Å². The molecule has 2 aromatic carbocycles. The highest BCUT2D eigenvalue weighted by atomic mass is 16.5. The summed E-state index contributed by atoms with van der Waals surface area (Å²) < 4.78 is 16.8. The molecule has 4 rings (SSSR count). The summed E-state index contributed by atoms with van der Waals surface area (Å²) >= 11 is 0. The third-order valence-corrected chi connectivity index (χ3v) is 5.33. The second-order valence-corrected chi connectivity index (χ2v) is 7.75. The summed E-state index contributed by atoms with van der Waals surface area (Å²) in [6, 6.07) is 14.9. The Morgan fingerprint density at radius 1 is 1.16 bits per heavy atom. The Morgan fingerprint density at radius 3 is 2.74 bits per heavy atom. The van der Waals surface area contributed by atoms with Gasteiger partial charge in [0, 0.05) is 18.7 Å². The van der Waals surface area contributed by atoms with Crippen LogP contribution in [0.3, 0.4) is 0 Å². The SMILES string of the molecule is CCOc1ccc(-c2nc(-c3ccccc3OCC(=O)N3CCCC(C)C3)no2)cc1. The van der Waals surface area contributed by atoms with Crippen LogP contribution in [0.25, 0.3) is 22.8 Å². The van der Waals surface area contributed by atoms with E-state index in [1.54, 1.807) is 0 Å². The third-order valence-electron chi connectivity index (χ3n) is 5.33. The number of benzene rings is 2. The molecule has 2 heterocycles. The van der Waals surface area contributed by atoms with Crippen LogP contribution in [-0.4, -0.2) is 47.3 Å². The van der Waals surface area contributed by atoms with Gasteiger partial charge in [0.05, 0.1) is 12.2 Å². The van der Waals surface area contributed by atoms with Gasteiger partial charge in [0.25, 0.3) is 11.8 Å². The van der Waals surface area contributed by atoms with E-state index in [1.807, 2.05) is 60.4 Å². The molecule has 1 amide bonds. The molecule has 0 radical (unpaired) electrons. The molecule has 1 atom stereocenters. The molecular formula is C24H27N3O4. The summed E-state index contributed by atoms with van der Waals surface area (Å²) in [5.41, 5.74) is 1.48. The van der Waals surface area contributed by atoms with Gasteiger partial charge in [-0.3, -0.25) is 4.79 Å². The maximum Gasteiger partial charge on any atom is 0.260 e. The number of hydrogen-bond acceptors (Lipinski definition) is 6. The van der Waals surface area contributed by atoms with E-state index in [-0.39, 0.29) is 12.5 Å². The smallest absolute Gasteiger partial charge is 0.260 e. The van der Waals surface area contributed by atoms with Gasteiger partial charge in [-0.05, 0) is 62.1 Å². The van der Waals surface area contributed by atoms with Gasteiger partial charge in [-0.2, -0.15) is 4.98 Å². The average molecular weight is 421 g/mol. The van der Waals surface area contributed by atoms with Crippen molar-refractivity contribution in [1.82, 2.24) is 15.0 Å². The van der Waals surface area contributed by atoms with Crippen LogP contribution in [0, 0.1) is 5.92 Å². The Bertz CT molecular complexity index is 1020. The minimum atomic E-state index is -0.00661. The fourth-order valence-electron chi connectivity index (χ4n) is 3.73. The summed E-state index contributed by atoms with van der Waals surface area (Å²) in [6.07, 6.45) is 2.21. The standard InChI is InChI=1S/C24H27N3O4/c1-3-29-19-12-10-18(11-13-19)24-25-23(26-31-24)20-8-4-5-9-21(20)30-16-22(28)27-14-6-7-17(2)15-27/h4-5,8-13,17H,3,6-7,14-16H2,1-2H3. The van der Waals surface area contributed by atoms with Crippen LogP contribution >= 0.6 is 0 Å². The lowest BCUT2D eigenvalue weighted by Crippen LogP contribution is -2.41. The monoisotopic (exact) mass is 421 g/mol. The van der Waals surface area contributed by atoms with E-state index in [9.17, 15) is 4.79 Å². The Morgan fingerprint density at radius 2 is 1.97 bits per heavy atom. The van der Waals surface area contributed by atoms with Gasteiger partial charge in [-0.25, -0.2) is 0 Å². The lowest BCUT2D eigenvalue weighted by molar-refractivity contribution is -0.135. The Balaban J connectivity index is 1.46. The first kappa shape index (κ1) is 20.9. The highest BCUT2D eigenvalue weighted by Crippen LogP contribution is 2.30. The number of piperidine rings is 1. The zero-order chi connectivity index (χ0) is 21.6. The van der Waals surface area contributed by atoms with Crippen LogP contribution in [0.5, 0.6) is 11.5 Å². The van der Waals surface area contributed by atoms with E-state index >= 15 is 0 Å². The van der Waals surface area contributed by atoms with Crippen LogP contribution in [-0.2, 0) is 4.79 Å². The van der Waals surface area contributed by atoms with Crippen molar-refractivity contribution in [3.8, 4) is 34.3 Å². The minimum absolute atomic E-state index is 0.00421. The third kappa shape index (κ3) is 5.05. The van der Waals surface area contributed by atoms with Gasteiger partial charge < -0.3 is 18.9 Å². The molecule has 0 N–H and O–H groups in total. The zero-order valence-electron chi connectivity index (χ0n) is 17.9. The van der Waals surface area contributed by atoms with Crippen LogP contribution in [0.2, 0.25) is 0 Å². The summed E-state index contributed by atoms with van der Waals surface area (Å²) in [6.45, 7) is 6.31. The molecule has 7 nitrogen and oxygen atoms in total. The molecule has 1 aromatic heterocycles. The van der Waals surface area contributed by atoms with E-state index in [0.29, 0.717) is 35.6 Å². The Hall–Kier alpha value is -3.35. The number of ether oxygens (including phenoxy) is 2. The first-order chi connectivity index (χ1) is 15.1. The highest BCUT2D eigenvalue weighted by Gasteiger charge is 2.22. The van der Waals surface area contributed by atoms with Gasteiger partial charge in [0.15, 0.2) is 6.61 Å². The summed E-state index contributed by atoms with van der Waals surface area (Å²) in [5.74, 6) is 2.71. The van der Waals surface area contributed by atoms with Crippen molar-refractivity contribution in [3.63, 3.8) is 0 Å².